The number of benzene rings is 1. The Bertz CT molecular complexity index is 528. The summed E-state index contributed by atoms with van der Waals surface area (Å²) in [6.07, 6.45) is 3.10. The predicted octanol–water partition coefficient (Wildman–Crippen LogP) is 3.06. The summed E-state index contributed by atoms with van der Waals surface area (Å²) in [6, 6.07) is 7.69. The van der Waals surface area contributed by atoms with Gasteiger partial charge in [0, 0.05) is 27.1 Å². The summed E-state index contributed by atoms with van der Waals surface area (Å²) in [5.74, 6) is -0.464. The van der Waals surface area contributed by atoms with Gasteiger partial charge >= 0.3 is 0 Å². The molecule has 0 aliphatic heterocycles. The van der Waals surface area contributed by atoms with Crippen LogP contribution in [0.25, 0.3) is 0 Å². The minimum atomic E-state index is -0.316. The molecule has 2 rings (SSSR count). The fourth-order valence-corrected chi connectivity index (χ4v) is 1.82. The molecule has 1 aromatic heterocycles. The zero-order valence-electron chi connectivity index (χ0n) is 8.15. The molecule has 0 unspecified atom stereocenters. The van der Waals surface area contributed by atoms with Crippen LogP contribution in [0.1, 0.15) is 15.9 Å². The molecule has 4 heteroatoms. The van der Waals surface area contributed by atoms with Gasteiger partial charge in [-0.1, -0.05) is 0 Å². The first-order valence-electron chi connectivity index (χ1n) is 4.58. The number of hydrogen-bond acceptors (Lipinski definition) is 2. The molecule has 0 aliphatic carbocycles. The molecule has 1 heterocycles. The van der Waals surface area contributed by atoms with E-state index in [-0.39, 0.29) is 11.6 Å². The molecule has 0 spiro atoms. The number of ketones is 1. The Morgan fingerprint density at radius 1 is 1.25 bits per heavy atom. The lowest BCUT2D eigenvalue weighted by atomic mass is 10.1. The minimum absolute atomic E-state index is 0.147. The lowest BCUT2D eigenvalue weighted by Crippen LogP contribution is -2.02. The molecule has 0 saturated heterocycles. The SMILES string of the molecule is O=C(c1cccnc1)c1ccc(F)c(I)c1. The van der Waals surface area contributed by atoms with Crippen molar-refractivity contribution in [2.45, 2.75) is 0 Å². The average Bonchev–Trinajstić information content (AvgIpc) is 2.33. The van der Waals surface area contributed by atoms with Gasteiger partial charge in [0.15, 0.2) is 5.78 Å². The van der Waals surface area contributed by atoms with E-state index in [0.717, 1.165) is 0 Å². The summed E-state index contributed by atoms with van der Waals surface area (Å²) < 4.78 is 13.5. The highest BCUT2D eigenvalue weighted by atomic mass is 127. The second-order valence-electron chi connectivity index (χ2n) is 3.20. The van der Waals surface area contributed by atoms with E-state index in [2.05, 4.69) is 4.98 Å². The highest BCUT2D eigenvalue weighted by molar-refractivity contribution is 14.1. The number of halogens is 2. The van der Waals surface area contributed by atoms with Gasteiger partial charge < -0.3 is 0 Å². The van der Waals surface area contributed by atoms with Gasteiger partial charge in [0.1, 0.15) is 5.82 Å². The van der Waals surface area contributed by atoms with Crippen LogP contribution in [0, 0.1) is 9.39 Å². The molecule has 0 atom stereocenters. The standard InChI is InChI=1S/C12H7FINO/c13-10-4-3-8(6-11(10)14)12(16)9-2-1-5-15-7-9/h1-7H. The van der Waals surface area contributed by atoms with Gasteiger partial charge in [-0.15, -0.1) is 0 Å². The van der Waals surface area contributed by atoms with Gasteiger partial charge in [-0.3, -0.25) is 9.78 Å². The topological polar surface area (TPSA) is 30.0 Å². The van der Waals surface area contributed by atoms with Crippen molar-refractivity contribution in [3.8, 4) is 0 Å². The van der Waals surface area contributed by atoms with Crippen molar-refractivity contribution in [3.63, 3.8) is 0 Å². The maximum absolute atomic E-state index is 13.0. The summed E-state index contributed by atoms with van der Waals surface area (Å²) in [5, 5.41) is 0. The first kappa shape index (κ1) is 11.2. The molecule has 0 saturated carbocycles. The number of nitrogens with zero attached hydrogens (tertiary/aromatic N) is 1. The van der Waals surface area contributed by atoms with E-state index >= 15 is 0 Å². The maximum atomic E-state index is 13.0. The first-order valence-corrected chi connectivity index (χ1v) is 5.66. The normalized spacial score (nSPS) is 10.1. The number of carbonyl (C=O) groups excluding carboxylic acids is 1. The number of hydrogen-bond donors (Lipinski definition) is 0. The van der Waals surface area contributed by atoms with Crippen molar-refractivity contribution >= 4 is 28.4 Å². The van der Waals surface area contributed by atoms with Crippen LogP contribution in [0.2, 0.25) is 0 Å². The molecule has 0 N–H and O–H groups in total. The van der Waals surface area contributed by atoms with E-state index in [1.807, 2.05) is 22.6 Å². The van der Waals surface area contributed by atoms with Crippen LogP contribution in [0.15, 0.2) is 42.7 Å². The van der Waals surface area contributed by atoms with Crippen LogP contribution in [-0.2, 0) is 0 Å². The average molecular weight is 327 g/mol. The Hall–Kier alpha value is -1.30. The Labute approximate surface area is 106 Å². The number of carbonyl (C=O) groups is 1. The van der Waals surface area contributed by atoms with Gasteiger partial charge in [0.2, 0.25) is 0 Å². The van der Waals surface area contributed by atoms with Crippen LogP contribution in [0.5, 0.6) is 0 Å². The quantitative estimate of drug-likeness (QED) is 0.627. The molecule has 16 heavy (non-hydrogen) atoms. The molecule has 80 valence electrons. The maximum Gasteiger partial charge on any atom is 0.194 e. The lowest BCUT2D eigenvalue weighted by molar-refractivity contribution is 0.103. The van der Waals surface area contributed by atoms with Crippen LogP contribution < -0.4 is 0 Å². The molecule has 0 bridgehead atoms. The van der Waals surface area contributed by atoms with Crippen molar-refractivity contribution in [2.75, 3.05) is 0 Å². The van der Waals surface area contributed by atoms with E-state index in [1.165, 1.54) is 24.4 Å². The second-order valence-corrected chi connectivity index (χ2v) is 4.36. The zero-order valence-corrected chi connectivity index (χ0v) is 10.3. The molecular weight excluding hydrogens is 320 g/mol. The Balaban J connectivity index is 2.39. The molecular formula is C12H7FINO. The van der Waals surface area contributed by atoms with Gasteiger partial charge in [-0.2, -0.15) is 0 Å². The van der Waals surface area contributed by atoms with Gasteiger partial charge in [0.05, 0.1) is 0 Å². The van der Waals surface area contributed by atoms with Gasteiger partial charge in [-0.25, -0.2) is 4.39 Å². The van der Waals surface area contributed by atoms with Crippen molar-refractivity contribution < 1.29 is 9.18 Å². The lowest BCUT2D eigenvalue weighted by Gasteiger charge is -2.01. The Kier molecular flexibility index (Phi) is 3.28. The predicted molar refractivity (Wildman–Crippen MR) is 66.8 cm³/mol. The van der Waals surface area contributed by atoms with Gasteiger partial charge in [0.25, 0.3) is 0 Å². The molecule has 1 aromatic carbocycles. The van der Waals surface area contributed by atoms with Crippen LogP contribution in [-0.4, -0.2) is 10.8 Å². The van der Waals surface area contributed by atoms with Crippen molar-refractivity contribution in [3.05, 3.63) is 63.2 Å². The third kappa shape index (κ3) is 2.27. The number of rotatable bonds is 2. The second kappa shape index (κ2) is 4.69. The third-order valence-electron chi connectivity index (χ3n) is 2.11. The van der Waals surface area contributed by atoms with Crippen LogP contribution >= 0.6 is 22.6 Å². The number of aromatic nitrogens is 1. The summed E-state index contributed by atoms with van der Waals surface area (Å²) >= 11 is 1.86. The molecule has 2 nitrogen and oxygen atoms in total. The summed E-state index contributed by atoms with van der Waals surface area (Å²) in [7, 11) is 0. The summed E-state index contributed by atoms with van der Waals surface area (Å²) in [6.45, 7) is 0. The van der Waals surface area contributed by atoms with Crippen molar-refractivity contribution in [1.82, 2.24) is 4.98 Å². The third-order valence-corrected chi connectivity index (χ3v) is 2.93. The molecule has 0 radical (unpaired) electrons. The number of pyridine rings is 1. The van der Waals surface area contributed by atoms with E-state index in [0.29, 0.717) is 14.7 Å². The van der Waals surface area contributed by atoms with E-state index < -0.39 is 0 Å². The van der Waals surface area contributed by atoms with Crippen LogP contribution in [0.4, 0.5) is 4.39 Å². The van der Waals surface area contributed by atoms with Crippen LogP contribution in [0.3, 0.4) is 0 Å². The van der Waals surface area contributed by atoms with E-state index in [1.54, 1.807) is 18.3 Å². The molecule has 0 amide bonds. The summed E-state index contributed by atoms with van der Waals surface area (Å²) in [5.41, 5.74) is 0.976. The monoisotopic (exact) mass is 327 g/mol. The Morgan fingerprint density at radius 2 is 2.06 bits per heavy atom. The zero-order chi connectivity index (χ0) is 11.5. The molecule has 0 aliphatic rings. The van der Waals surface area contributed by atoms with Crippen molar-refractivity contribution in [2.24, 2.45) is 0 Å². The fraction of sp³-hybridized carbons (Fsp3) is 0. The smallest absolute Gasteiger partial charge is 0.194 e. The van der Waals surface area contributed by atoms with E-state index in [4.69, 9.17) is 0 Å². The molecule has 0 fully saturated rings. The van der Waals surface area contributed by atoms with Gasteiger partial charge in [-0.05, 0) is 52.9 Å². The molecule has 2 aromatic rings. The Morgan fingerprint density at radius 3 is 2.69 bits per heavy atom. The largest absolute Gasteiger partial charge is 0.289 e. The summed E-state index contributed by atoms with van der Waals surface area (Å²) in [4.78, 5) is 15.8. The first-order chi connectivity index (χ1) is 7.68. The fourth-order valence-electron chi connectivity index (χ4n) is 1.30. The minimum Gasteiger partial charge on any atom is -0.289 e. The van der Waals surface area contributed by atoms with E-state index in [9.17, 15) is 9.18 Å². The highest BCUT2D eigenvalue weighted by Crippen LogP contribution is 2.15. The van der Waals surface area contributed by atoms with Crippen molar-refractivity contribution in [1.29, 1.82) is 0 Å². The highest BCUT2D eigenvalue weighted by Gasteiger charge is 2.10.